The molecule has 2 aromatic rings. The molecule has 0 unspecified atom stereocenters. The molecule has 1 N–H and O–H groups in total. The van der Waals surface area contributed by atoms with E-state index in [4.69, 9.17) is 9.84 Å². The lowest BCUT2D eigenvalue weighted by Crippen LogP contribution is -2.19. The second-order valence-corrected chi connectivity index (χ2v) is 6.16. The van der Waals surface area contributed by atoms with Gasteiger partial charge in [-0.2, -0.15) is 13.2 Å². The van der Waals surface area contributed by atoms with Gasteiger partial charge in [-0.1, -0.05) is 0 Å². The van der Waals surface area contributed by atoms with Gasteiger partial charge in [0.2, 0.25) is 0 Å². The minimum atomic E-state index is -4.56. The standard InChI is InChI=1S/C17H21F3N2O3/c1-10-11(8-16(23)24)12-7-15(25-4)13(17(18,19)20)9-14(12)22(10)6-5-21(2)3/h7,9H,5-6,8H2,1-4H3,(H,23,24). The lowest BCUT2D eigenvalue weighted by Gasteiger charge is -2.15. The number of halogens is 3. The zero-order valence-corrected chi connectivity index (χ0v) is 14.6. The van der Waals surface area contributed by atoms with Crippen LogP contribution in [0.2, 0.25) is 0 Å². The first kappa shape index (κ1) is 19.1. The first-order chi connectivity index (χ1) is 11.6. The summed E-state index contributed by atoms with van der Waals surface area (Å²) < 4.78 is 46.6. The molecule has 0 aliphatic rings. The Morgan fingerprint density at radius 1 is 1.32 bits per heavy atom. The molecule has 0 saturated carbocycles. The van der Waals surface area contributed by atoms with E-state index in [0.29, 0.717) is 35.2 Å². The molecule has 25 heavy (non-hydrogen) atoms. The number of benzene rings is 1. The molecule has 1 aromatic heterocycles. The van der Waals surface area contributed by atoms with E-state index in [-0.39, 0.29) is 12.2 Å². The van der Waals surface area contributed by atoms with Crippen LogP contribution in [0.1, 0.15) is 16.8 Å². The van der Waals surface area contributed by atoms with E-state index >= 15 is 0 Å². The van der Waals surface area contributed by atoms with E-state index in [1.165, 1.54) is 13.2 Å². The fraction of sp³-hybridized carbons (Fsp3) is 0.471. The van der Waals surface area contributed by atoms with Crippen LogP contribution < -0.4 is 4.74 Å². The van der Waals surface area contributed by atoms with Crippen molar-refractivity contribution in [3.63, 3.8) is 0 Å². The van der Waals surface area contributed by atoms with Crippen molar-refractivity contribution in [2.75, 3.05) is 27.7 Å². The molecule has 8 heteroatoms. The Kier molecular flexibility index (Phi) is 5.31. The van der Waals surface area contributed by atoms with Crippen molar-refractivity contribution in [3.05, 3.63) is 29.0 Å². The number of nitrogens with zero attached hydrogens (tertiary/aromatic N) is 2. The van der Waals surface area contributed by atoms with Gasteiger partial charge in [0.25, 0.3) is 0 Å². The molecule has 0 amide bonds. The SMILES string of the molecule is COc1cc2c(CC(=O)O)c(C)n(CCN(C)C)c2cc1C(F)(F)F. The number of carboxylic acid groups (broad SMARTS) is 1. The van der Waals surface area contributed by atoms with E-state index in [1.54, 1.807) is 11.5 Å². The van der Waals surface area contributed by atoms with Crippen molar-refractivity contribution in [1.82, 2.24) is 9.47 Å². The van der Waals surface area contributed by atoms with Gasteiger partial charge < -0.3 is 19.3 Å². The highest BCUT2D eigenvalue weighted by Crippen LogP contribution is 2.40. The molecule has 1 heterocycles. The van der Waals surface area contributed by atoms with E-state index < -0.39 is 17.7 Å². The van der Waals surface area contributed by atoms with Crippen LogP contribution in [0.25, 0.3) is 10.9 Å². The fourth-order valence-electron chi connectivity index (χ4n) is 2.92. The molecule has 0 spiro atoms. The van der Waals surface area contributed by atoms with Gasteiger partial charge >= 0.3 is 12.1 Å². The number of methoxy groups -OCH3 is 1. The molecule has 138 valence electrons. The second-order valence-electron chi connectivity index (χ2n) is 6.16. The van der Waals surface area contributed by atoms with Gasteiger partial charge in [0.15, 0.2) is 0 Å². The van der Waals surface area contributed by atoms with E-state index in [2.05, 4.69) is 0 Å². The van der Waals surface area contributed by atoms with Crippen LogP contribution >= 0.6 is 0 Å². The zero-order valence-electron chi connectivity index (χ0n) is 14.6. The minimum absolute atomic E-state index is 0.258. The van der Waals surface area contributed by atoms with E-state index in [9.17, 15) is 18.0 Å². The van der Waals surface area contributed by atoms with Crippen molar-refractivity contribution in [3.8, 4) is 5.75 Å². The third-order valence-corrected chi connectivity index (χ3v) is 4.18. The largest absolute Gasteiger partial charge is 0.496 e. The highest BCUT2D eigenvalue weighted by molar-refractivity contribution is 5.91. The number of aliphatic carboxylic acids is 1. The Labute approximate surface area is 143 Å². The highest BCUT2D eigenvalue weighted by Gasteiger charge is 2.35. The number of fused-ring (bicyclic) bond motifs is 1. The summed E-state index contributed by atoms with van der Waals surface area (Å²) in [4.78, 5) is 13.1. The molecular weight excluding hydrogens is 337 g/mol. The Balaban J connectivity index is 2.76. The molecule has 0 aliphatic heterocycles. The molecule has 1 aromatic carbocycles. The first-order valence-electron chi connectivity index (χ1n) is 7.69. The molecule has 0 fully saturated rings. The Bertz CT molecular complexity index is 795. The summed E-state index contributed by atoms with van der Waals surface area (Å²) in [6.07, 6.45) is -4.82. The first-order valence-corrected chi connectivity index (χ1v) is 7.69. The molecule has 0 saturated heterocycles. The van der Waals surface area contributed by atoms with Crippen LogP contribution in [0.3, 0.4) is 0 Å². The third kappa shape index (κ3) is 3.89. The lowest BCUT2D eigenvalue weighted by molar-refractivity contribution is -0.139. The maximum Gasteiger partial charge on any atom is 0.420 e. The van der Waals surface area contributed by atoms with Crippen LogP contribution in [-0.2, 0) is 23.9 Å². The smallest absolute Gasteiger partial charge is 0.420 e. The minimum Gasteiger partial charge on any atom is -0.496 e. The van der Waals surface area contributed by atoms with Crippen molar-refractivity contribution < 1.29 is 27.8 Å². The predicted molar refractivity (Wildman–Crippen MR) is 88.1 cm³/mol. The molecule has 0 atom stereocenters. The summed E-state index contributed by atoms with van der Waals surface area (Å²) in [5.41, 5.74) is 0.658. The summed E-state index contributed by atoms with van der Waals surface area (Å²) in [6, 6.07) is 2.33. The van der Waals surface area contributed by atoms with Gasteiger partial charge in [-0.05, 0) is 38.7 Å². The number of likely N-dealkylation sites (N-methyl/N-ethyl adjacent to an activating group) is 1. The van der Waals surface area contributed by atoms with Crippen LogP contribution in [0.5, 0.6) is 5.75 Å². The zero-order chi connectivity index (χ0) is 18.9. The average molecular weight is 358 g/mol. The van der Waals surface area contributed by atoms with Crippen LogP contribution in [0.15, 0.2) is 12.1 Å². The van der Waals surface area contributed by atoms with Crippen LogP contribution in [0, 0.1) is 6.92 Å². The van der Waals surface area contributed by atoms with Gasteiger partial charge in [-0.15, -0.1) is 0 Å². The number of rotatable bonds is 6. The van der Waals surface area contributed by atoms with Crippen molar-refractivity contribution in [2.45, 2.75) is 26.1 Å². The number of carboxylic acids is 1. The summed E-state index contributed by atoms with van der Waals surface area (Å²) in [6.45, 7) is 2.80. The van der Waals surface area contributed by atoms with Gasteiger partial charge in [-0.25, -0.2) is 0 Å². The average Bonchev–Trinajstić information content (AvgIpc) is 2.74. The molecule has 5 nitrogen and oxygen atoms in total. The maximum absolute atomic E-state index is 13.3. The Morgan fingerprint density at radius 2 is 1.96 bits per heavy atom. The quantitative estimate of drug-likeness (QED) is 0.862. The molecular formula is C17H21F3N2O3. The highest BCUT2D eigenvalue weighted by atomic mass is 19.4. The number of hydrogen-bond acceptors (Lipinski definition) is 3. The normalized spacial score (nSPS) is 12.2. The monoisotopic (exact) mass is 358 g/mol. The number of hydrogen-bond donors (Lipinski definition) is 1. The van der Waals surface area contributed by atoms with Gasteiger partial charge in [-0.3, -0.25) is 4.79 Å². The summed E-state index contributed by atoms with van der Waals surface area (Å²) in [7, 11) is 4.90. The van der Waals surface area contributed by atoms with Crippen molar-refractivity contribution in [1.29, 1.82) is 0 Å². The van der Waals surface area contributed by atoms with Crippen LogP contribution in [-0.4, -0.2) is 48.3 Å². The summed E-state index contributed by atoms with van der Waals surface area (Å²) in [5, 5.41) is 9.64. The Hall–Kier alpha value is -2.22. The maximum atomic E-state index is 13.3. The molecule has 0 radical (unpaired) electrons. The van der Waals surface area contributed by atoms with E-state index in [1.807, 2.05) is 19.0 Å². The number of aromatic nitrogens is 1. The predicted octanol–water partition coefficient (Wildman–Crippen LogP) is 3.17. The number of carbonyl (C=O) groups is 1. The summed E-state index contributed by atoms with van der Waals surface area (Å²) >= 11 is 0. The number of alkyl halides is 3. The van der Waals surface area contributed by atoms with Gasteiger partial charge in [0, 0.05) is 29.7 Å². The third-order valence-electron chi connectivity index (χ3n) is 4.18. The molecule has 0 aliphatic carbocycles. The van der Waals surface area contributed by atoms with Gasteiger partial charge in [0.1, 0.15) is 5.75 Å². The van der Waals surface area contributed by atoms with Crippen molar-refractivity contribution >= 4 is 16.9 Å². The summed E-state index contributed by atoms with van der Waals surface area (Å²) in [5.74, 6) is -1.34. The van der Waals surface area contributed by atoms with Gasteiger partial charge in [0.05, 0.1) is 19.1 Å². The van der Waals surface area contributed by atoms with Crippen LogP contribution in [0.4, 0.5) is 13.2 Å². The lowest BCUT2D eigenvalue weighted by atomic mass is 10.0. The van der Waals surface area contributed by atoms with Crippen molar-refractivity contribution in [2.24, 2.45) is 0 Å². The Morgan fingerprint density at radius 3 is 2.44 bits per heavy atom. The molecule has 2 rings (SSSR count). The second kappa shape index (κ2) is 6.95. The topological polar surface area (TPSA) is 54.7 Å². The van der Waals surface area contributed by atoms with E-state index in [0.717, 1.165) is 6.07 Å². The fourth-order valence-corrected chi connectivity index (χ4v) is 2.92. The number of ether oxygens (including phenoxy) is 1. The molecule has 0 bridgehead atoms.